The van der Waals surface area contributed by atoms with Gasteiger partial charge in [-0.05, 0) is 29.3 Å². The molecular weight excluding hydrogens is 312 g/mol. The first-order valence-electron chi connectivity index (χ1n) is 8.58. The lowest BCUT2D eigenvalue weighted by molar-refractivity contribution is -0.124. The zero-order chi connectivity index (χ0) is 17.8. The molecule has 0 radical (unpaired) electrons. The van der Waals surface area contributed by atoms with Crippen molar-refractivity contribution in [2.75, 3.05) is 13.7 Å². The summed E-state index contributed by atoms with van der Waals surface area (Å²) in [7, 11) is 1.66. The number of H-pyrrole nitrogens is 1. The second-order valence-electron chi connectivity index (χ2n) is 6.52. The van der Waals surface area contributed by atoms with Crippen molar-refractivity contribution in [1.82, 2.24) is 10.3 Å². The molecule has 3 rings (SSSR count). The molecule has 1 aromatic heterocycles. The van der Waals surface area contributed by atoms with Gasteiger partial charge >= 0.3 is 0 Å². The van der Waals surface area contributed by atoms with Gasteiger partial charge in [0.15, 0.2) is 0 Å². The maximum absolute atomic E-state index is 12.1. The number of amides is 1. The standard InChI is InChI=1S/C21H24N2O2/c1-14(2)21(24)23-12-18(15-8-10-16(25-3)11-9-15)19-13-22-20-7-5-4-6-17(19)20/h4-11,13-14,18,22H,12H2,1-3H3,(H,23,24). The quantitative estimate of drug-likeness (QED) is 0.712. The van der Waals surface area contributed by atoms with Crippen molar-refractivity contribution in [3.63, 3.8) is 0 Å². The normalized spacial score (nSPS) is 12.3. The van der Waals surface area contributed by atoms with Gasteiger partial charge in [0.1, 0.15) is 5.75 Å². The van der Waals surface area contributed by atoms with Gasteiger partial charge in [-0.15, -0.1) is 0 Å². The second kappa shape index (κ2) is 7.43. The summed E-state index contributed by atoms with van der Waals surface area (Å²) in [6.45, 7) is 4.37. The zero-order valence-corrected chi connectivity index (χ0v) is 14.9. The van der Waals surface area contributed by atoms with Crippen LogP contribution in [0.4, 0.5) is 0 Å². The predicted octanol–water partition coefficient (Wildman–Crippen LogP) is 4.08. The molecular formula is C21H24N2O2. The summed E-state index contributed by atoms with van der Waals surface area (Å²) in [6, 6.07) is 16.3. The third kappa shape index (κ3) is 3.68. The van der Waals surface area contributed by atoms with E-state index in [1.807, 2.05) is 44.3 Å². The number of benzene rings is 2. The van der Waals surface area contributed by atoms with E-state index in [4.69, 9.17) is 4.74 Å². The van der Waals surface area contributed by atoms with Gasteiger partial charge in [-0.3, -0.25) is 4.79 Å². The lowest BCUT2D eigenvalue weighted by atomic mass is 9.90. The average molecular weight is 336 g/mol. The Bertz CT molecular complexity index is 850. The number of ether oxygens (including phenoxy) is 1. The third-order valence-corrected chi connectivity index (χ3v) is 4.52. The van der Waals surface area contributed by atoms with Crippen LogP contribution >= 0.6 is 0 Å². The summed E-state index contributed by atoms with van der Waals surface area (Å²) >= 11 is 0. The molecule has 4 nitrogen and oxygen atoms in total. The fraction of sp³-hybridized carbons (Fsp3) is 0.286. The maximum atomic E-state index is 12.1. The molecule has 0 aliphatic rings. The Balaban J connectivity index is 1.97. The van der Waals surface area contributed by atoms with E-state index in [-0.39, 0.29) is 17.7 Å². The van der Waals surface area contributed by atoms with Gasteiger partial charge in [-0.25, -0.2) is 0 Å². The molecule has 1 heterocycles. The molecule has 130 valence electrons. The molecule has 1 amide bonds. The molecule has 0 aliphatic heterocycles. The van der Waals surface area contributed by atoms with Crippen LogP contribution in [0.1, 0.15) is 30.9 Å². The van der Waals surface area contributed by atoms with Gasteiger partial charge in [0.25, 0.3) is 0 Å². The van der Waals surface area contributed by atoms with Gasteiger partial charge in [-0.1, -0.05) is 44.2 Å². The van der Waals surface area contributed by atoms with Gasteiger partial charge in [-0.2, -0.15) is 0 Å². The lowest BCUT2D eigenvalue weighted by Gasteiger charge is -2.19. The molecule has 1 unspecified atom stereocenters. The molecule has 0 bridgehead atoms. The number of rotatable bonds is 6. The summed E-state index contributed by atoms with van der Waals surface area (Å²) in [5, 5.41) is 4.26. The second-order valence-corrected chi connectivity index (χ2v) is 6.52. The molecule has 0 spiro atoms. The SMILES string of the molecule is COc1ccc(C(CNC(=O)C(C)C)c2c[nH]c3ccccc23)cc1. The van der Waals surface area contributed by atoms with E-state index in [1.54, 1.807) is 7.11 Å². The molecule has 3 aromatic rings. The lowest BCUT2D eigenvalue weighted by Crippen LogP contribution is -2.32. The van der Waals surface area contributed by atoms with Crippen molar-refractivity contribution in [3.8, 4) is 5.75 Å². The van der Waals surface area contributed by atoms with E-state index in [0.717, 1.165) is 16.8 Å². The predicted molar refractivity (Wildman–Crippen MR) is 101 cm³/mol. The highest BCUT2D eigenvalue weighted by molar-refractivity contribution is 5.84. The van der Waals surface area contributed by atoms with Gasteiger partial charge in [0.05, 0.1) is 7.11 Å². The summed E-state index contributed by atoms with van der Waals surface area (Å²) in [4.78, 5) is 15.4. The Kier molecular flexibility index (Phi) is 5.08. The topological polar surface area (TPSA) is 54.1 Å². The Hall–Kier alpha value is -2.75. The highest BCUT2D eigenvalue weighted by Crippen LogP contribution is 2.31. The van der Waals surface area contributed by atoms with Gasteiger partial charge in [0, 0.05) is 35.5 Å². The molecule has 0 aliphatic carbocycles. The number of carbonyl (C=O) groups excluding carboxylic acids is 1. The highest BCUT2D eigenvalue weighted by atomic mass is 16.5. The molecule has 25 heavy (non-hydrogen) atoms. The van der Waals surface area contributed by atoms with Crippen molar-refractivity contribution in [2.24, 2.45) is 5.92 Å². The number of hydrogen-bond donors (Lipinski definition) is 2. The minimum atomic E-state index is -0.0283. The van der Waals surface area contributed by atoms with Crippen LogP contribution in [0.15, 0.2) is 54.7 Å². The first-order valence-corrected chi connectivity index (χ1v) is 8.58. The Labute approximate surface area is 148 Å². The van der Waals surface area contributed by atoms with E-state index in [2.05, 4.69) is 34.6 Å². The molecule has 1 atom stereocenters. The number of hydrogen-bond acceptors (Lipinski definition) is 2. The maximum Gasteiger partial charge on any atom is 0.222 e. The fourth-order valence-electron chi connectivity index (χ4n) is 3.03. The van der Waals surface area contributed by atoms with Crippen molar-refractivity contribution >= 4 is 16.8 Å². The molecule has 2 N–H and O–H groups in total. The monoisotopic (exact) mass is 336 g/mol. The van der Waals surface area contributed by atoms with Gasteiger partial charge < -0.3 is 15.0 Å². The Morgan fingerprint density at radius 1 is 1.12 bits per heavy atom. The first kappa shape index (κ1) is 17.1. The first-order chi connectivity index (χ1) is 12.1. The van der Waals surface area contributed by atoms with Crippen LogP contribution < -0.4 is 10.1 Å². The van der Waals surface area contributed by atoms with Gasteiger partial charge in [0.2, 0.25) is 5.91 Å². The van der Waals surface area contributed by atoms with Crippen molar-refractivity contribution in [1.29, 1.82) is 0 Å². The van der Waals surface area contributed by atoms with Crippen LogP contribution in [0, 0.1) is 5.92 Å². The third-order valence-electron chi connectivity index (χ3n) is 4.52. The molecule has 0 saturated carbocycles. The number of methoxy groups -OCH3 is 1. The molecule has 4 heteroatoms. The van der Waals surface area contributed by atoms with Crippen LogP contribution in [0.3, 0.4) is 0 Å². The zero-order valence-electron chi connectivity index (χ0n) is 14.9. The average Bonchev–Trinajstić information content (AvgIpc) is 3.06. The summed E-state index contributed by atoms with van der Waals surface area (Å²) in [6.07, 6.45) is 2.04. The number of fused-ring (bicyclic) bond motifs is 1. The van der Waals surface area contributed by atoms with Crippen molar-refractivity contribution in [3.05, 3.63) is 65.9 Å². The van der Waals surface area contributed by atoms with Crippen molar-refractivity contribution in [2.45, 2.75) is 19.8 Å². The summed E-state index contributed by atoms with van der Waals surface area (Å²) < 4.78 is 5.26. The number of nitrogens with one attached hydrogen (secondary N) is 2. The molecule has 2 aromatic carbocycles. The van der Waals surface area contributed by atoms with Crippen LogP contribution in [0.25, 0.3) is 10.9 Å². The number of aromatic nitrogens is 1. The van der Waals surface area contributed by atoms with E-state index >= 15 is 0 Å². The Morgan fingerprint density at radius 3 is 2.52 bits per heavy atom. The number of aromatic amines is 1. The van der Waals surface area contributed by atoms with Crippen LogP contribution in [-0.4, -0.2) is 24.5 Å². The number of carbonyl (C=O) groups is 1. The van der Waals surface area contributed by atoms with Crippen LogP contribution in [0.2, 0.25) is 0 Å². The van der Waals surface area contributed by atoms with E-state index in [1.165, 1.54) is 10.9 Å². The van der Waals surface area contributed by atoms with Crippen LogP contribution in [0.5, 0.6) is 5.75 Å². The summed E-state index contributed by atoms with van der Waals surface area (Å²) in [5.41, 5.74) is 3.44. The highest BCUT2D eigenvalue weighted by Gasteiger charge is 2.19. The largest absolute Gasteiger partial charge is 0.497 e. The van der Waals surface area contributed by atoms with Crippen LogP contribution in [-0.2, 0) is 4.79 Å². The van der Waals surface area contributed by atoms with Crippen molar-refractivity contribution < 1.29 is 9.53 Å². The minimum Gasteiger partial charge on any atom is -0.497 e. The van der Waals surface area contributed by atoms with E-state index < -0.39 is 0 Å². The smallest absolute Gasteiger partial charge is 0.222 e. The fourth-order valence-corrected chi connectivity index (χ4v) is 3.03. The number of para-hydroxylation sites is 1. The van der Waals surface area contributed by atoms with E-state index in [9.17, 15) is 4.79 Å². The molecule has 0 fully saturated rings. The summed E-state index contributed by atoms with van der Waals surface area (Å²) in [5.74, 6) is 0.940. The minimum absolute atomic E-state index is 0.0283. The molecule has 0 saturated heterocycles. The Morgan fingerprint density at radius 2 is 1.84 bits per heavy atom. The van der Waals surface area contributed by atoms with E-state index in [0.29, 0.717) is 6.54 Å².